The lowest BCUT2D eigenvalue weighted by atomic mass is 10.2. The Labute approximate surface area is 87.5 Å². The van der Waals surface area contributed by atoms with Gasteiger partial charge in [-0.15, -0.1) is 0 Å². The third kappa shape index (κ3) is 3.10. The van der Waals surface area contributed by atoms with Crippen molar-refractivity contribution in [2.75, 3.05) is 7.11 Å². The zero-order valence-electron chi connectivity index (χ0n) is 6.95. The molecule has 1 aromatic rings. The van der Waals surface area contributed by atoms with Crippen LogP contribution in [0.3, 0.4) is 0 Å². The van der Waals surface area contributed by atoms with Crippen LogP contribution in [0.1, 0.15) is 5.56 Å². The van der Waals surface area contributed by atoms with Crippen molar-refractivity contribution in [2.24, 2.45) is 0 Å². The number of benzene rings is 1. The number of rotatable bonds is 3. The highest BCUT2D eigenvalue weighted by Gasteiger charge is 2.01. The molecule has 3 nitrogen and oxygen atoms in total. The summed E-state index contributed by atoms with van der Waals surface area (Å²) in [6.45, 7) is 0. The third-order valence-corrected chi connectivity index (χ3v) is 2.82. The van der Waals surface area contributed by atoms with E-state index in [1.165, 1.54) is 0 Å². The molecule has 0 bridgehead atoms. The van der Waals surface area contributed by atoms with Gasteiger partial charge in [0, 0.05) is 10.2 Å². The van der Waals surface area contributed by atoms with Gasteiger partial charge in [-0.3, -0.25) is 4.21 Å². The van der Waals surface area contributed by atoms with Gasteiger partial charge in [0.1, 0.15) is 5.75 Å². The molecule has 0 amide bonds. The van der Waals surface area contributed by atoms with E-state index in [1.54, 1.807) is 25.3 Å². The lowest BCUT2D eigenvalue weighted by Crippen LogP contribution is -1.94. The second-order valence-corrected chi connectivity index (χ2v) is 4.16. The van der Waals surface area contributed by atoms with Gasteiger partial charge >= 0.3 is 0 Å². The van der Waals surface area contributed by atoms with E-state index in [4.69, 9.17) is 4.74 Å². The fraction of sp³-hybridized carbons (Fsp3) is 0.250. The largest absolute Gasteiger partial charge is 0.772 e. The molecular formula is C8H8BrO3S-. The normalized spacial score (nSPS) is 12.5. The summed E-state index contributed by atoms with van der Waals surface area (Å²) in [5.74, 6) is 0.720. The molecule has 0 saturated carbocycles. The van der Waals surface area contributed by atoms with Crippen LogP contribution < -0.4 is 4.74 Å². The molecule has 0 aliphatic rings. The lowest BCUT2D eigenvalue weighted by Gasteiger charge is -2.08. The summed E-state index contributed by atoms with van der Waals surface area (Å²) in [4.78, 5) is 0. The van der Waals surface area contributed by atoms with E-state index in [9.17, 15) is 8.76 Å². The summed E-state index contributed by atoms with van der Waals surface area (Å²) in [6.07, 6.45) is 0. The van der Waals surface area contributed by atoms with Crippen LogP contribution in [0.25, 0.3) is 0 Å². The van der Waals surface area contributed by atoms with Crippen molar-refractivity contribution in [1.82, 2.24) is 0 Å². The highest BCUT2D eigenvalue weighted by molar-refractivity contribution is 9.10. The van der Waals surface area contributed by atoms with Crippen LogP contribution in [0.15, 0.2) is 22.7 Å². The van der Waals surface area contributed by atoms with Crippen LogP contribution in [0.5, 0.6) is 5.75 Å². The van der Waals surface area contributed by atoms with Gasteiger partial charge in [-0.1, -0.05) is 33.1 Å². The molecule has 1 rings (SSSR count). The van der Waals surface area contributed by atoms with Crippen molar-refractivity contribution >= 4 is 27.0 Å². The predicted molar refractivity (Wildman–Crippen MR) is 53.3 cm³/mol. The molecule has 1 atom stereocenters. The molecule has 0 aliphatic carbocycles. The second-order valence-electron chi connectivity index (χ2n) is 2.41. The van der Waals surface area contributed by atoms with Crippen molar-refractivity contribution in [2.45, 2.75) is 5.75 Å². The number of methoxy groups -OCH3 is 1. The van der Waals surface area contributed by atoms with Gasteiger partial charge in [0.15, 0.2) is 0 Å². The molecule has 0 spiro atoms. The van der Waals surface area contributed by atoms with E-state index in [1.807, 2.05) is 0 Å². The summed E-state index contributed by atoms with van der Waals surface area (Å²) in [5, 5.41) is 0. The molecule has 0 radical (unpaired) electrons. The predicted octanol–water partition coefficient (Wildman–Crippen LogP) is 1.84. The number of ether oxygens (including phenoxy) is 1. The number of hydrogen-bond donors (Lipinski definition) is 0. The first kappa shape index (κ1) is 10.7. The van der Waals surface area contributed by atoms with E-state index in [0.29, 0.717) is 5.75 Å². The minimum absolute atomic E-state index is 0.0184. The molecule has 72 valence electrons. The van der Waals surface area contributed by atoms with Gasteiger partial charge in [0.2, 0.25) is 0 Å². The molecule has 0 fully saturated rings. The quantitative estimate of drug-likeness (QED) is 0.782. The van der Waals surface area contributed by atoms with Crippen molar-refractivity contribution in [3.8, 4) is 5.75 Å². The Morgan fingerprint density at radius 3 is 2.77 bits per heavy atom. The van der Waals surface area contributed by atoms with Gasteiger partial charge in [-0.2, -0.15) is 0 Å². The molecule has 0 aliphatic heterocycles. The average molecular weight is 264 g/mol. The Bertz CT molecular complexity index is 327. The van der Waals surface area contributed by atoms with E-state index < -0.39 is 11.1 Å². The van der Waals surface area contributed by atoms with Crippen molar-refractivity contribution in [1.29, 1.82) is 0 Å². The summed E-state index contributed by atoms with van der Waals surface area (Å²) < 4.78 is 26.6. The average Bonchev–Trinajstić information content (AvgIpc) is 2.08. The maximum Gasteiger partial charge on any atom is 0.120 e. The van der Waals surface area contributed by atoms with E-state index in [-0.39, 0.29) is 5.75 Å². The van der Waals surface area contributed by atoms with Gasteiger partial charge in [-0.25, -0.2) is 0 Å². The van der Waals surface area contributed by atoms with Gasteiger partial charge < -0.3 is 9.29 Å². The maximum atomic E-state index is 10.4. The van der Waals surface area contributed by atoms with Crippen molar-refractivity contribution in [3.05, 3.63) is 28.2 Å². The molecule has 0 aromatic heterocycles. The fourth-order valence-electron chi connectivity index (χ4n) is 0.899. The number of halogens is 1. The standard InChI is InChI=1S/C8H9BrO3S/c1-12-7-3-2-6(5-13(10)11)8(9)4-7/h2-4H,5H2,1H3,(H,10,11)/p-1. The van der Waals surface area contributed by atoms with Crippen LogP contribution >= 0.6 is 15.9 Å². The summed E-state index contributed by atoms with van der Waals surface area (Å²) in [5.41, 5.74) is 0.731. The third-order valence-electron chi connectivity index (χ3n) is 1.53. The molecule has 1 unspecified atom stereocenters. The van der Waals surface area contributed by atoms with Crippen LogP contribution in [-0.4, -0.2) is 15.9 Å². The summed E-state index contributed by atoms with van der Waals surface area (Å²) in [7, 11) is 1.56. The monoisotopic (exact) mass is 263 g/mol. The molecule has 0 saturated heterocycles. The number of hydrogen-bond acceptors (Lipinski definition) is 3. The Balaban J connectivity index is 2.91. The van der Waals surface area contributed by atoms with Gasteiger partial charge in [0.05, 0.1) is 7.11 Å². The van der Waals surface area contributed by atoms with Crippen LogP contribution in [0.2, 0.25) is 0 Å². The Hall–Kier alpha value is -0.390. The first-order valence-electron chi connectivity index (χ1n) is 3.51. The SMILES string of the molecule is COc1ccc(CS(=O)[O-])c(Br)c1. The second kappa shape index (κ2) is 4.74. The van der Waals surface area contributed by atoms with Crippen LogP contribution in [0.4, 0.5) is 0 Å². The minimum Gasteiger partial charge on any atom is -0.772 e. The summed E-state index contributed by atoms with van der Waals surface area (Å²) >= 11 is 1.21. The van der Waals surface area contributed by atoms with Gasteiger partial charge in [-0.05, 0) is 17.7 Å². The molecule has 5 heteroatoms. The van der Waals surface area contributed by atoms with Crippen LogP contribution in [-0.2, 0) is 16.8 Å². The summed E-state index contributed by atoms with van der Waals surface area (Å²) in [6, 6.07) is 5.19. The van der Waals surface area contributed by atoms with Crippen molar-refractivity contribution < 1.29 is 13.5 Å². The maximum absolute atomic E-state index is 10.4. The topological polar surface area (TPSA) is 49.4 Å². The lowest BCUT2D eigenvalue weighted by molar-refractivity contribution is 0.414. The molecule has 13 heavy (non-hydrogen) atoms. The van der Waals surface area contributed by atoms with E-state index in [0.717, 1.165) is 10.0 Å². The van der Waals surface area contributed by atoms with E-state index >= 15 is 0 Å². The zero-order chi connectivity index (χ0) is 9.84. The zero-order valence-corrected chi connectivity index (χ0v) is 9.35. The Kier molecular flexibility index (Phi) is 3.90. The first-order valence-corrected chi connectivity index (χ1v) is 5.55. The Morgan fingerprint density at radius 1 is 1.62 bits per heavy atom. The van der Waals surface area contributed by atoms with Gasteiger partial charge in [0.25, 0.3) is 0 Å². The van der Waals surface area contributed by atoms with Crippen molar-refractivity contribution in [3.63, 3.8) is 0 Å². The smallest absolute Gasteiger partial charge is 0.120 e. The van der Waals surface area contributed by atoms with Crippen LogP contribution in [0, 0.1) is 0 Å². The Morgan fingerprint density at radius 2 is 2.31 bits per heavy atom. The highest BCUT2D eigenvalue weighted by atomic mass is 79.9. The molecule has 1 aromatic carbocycles. The fourth-order valence-corrected chi connectivity index (χ4v) is 2.09. The van der Waals surface area contributed by atoms with E-state index in [2.05, 4.69) is 15.9 Å². The minimum atomic E-state index is -2.06. The molecule has 0 N–H and O–H groups in total. The first-order chi connectivity index (χ1) is 6.13. The molecular weight excluding hydrogens is 256 g/mol. The molecule has 0 heterocycles. The highest BCUT2D eigenvalue weighted by Crippen LogP contribution is 2.23.